The Hall–Kier alpha value is -0.630. The van der Waals surface area contributed by atoms with E-state index in [2.05, 4.69) is 11.9 Å². The first kappa shape index (κ1) is 11.4. The zero-order valence-corrected chi connectivity index (χ0v) is 8.93. The molecule has 0 amide bonds. The number of Topliss-reactive ketones (excluding diaryl/α,β-unsaturated/α-hetero) is 1. The first-order valence-corrected chi connectivity index (χ1v) is 5.69. The second kappa shape index (κ2) is 6.77. The summed E-state index contributed by atoms with van der Waals surface area (Å²) in [5.41, 5.74) is 0. The van der Waals surface area contributed by atoms with E-state index in [0.29, 0.717) is 11.7 Å². The van der Waals surface area contributed by atoms with Crippen LogP contribution < -0.4 is 5.32 Å². The van der Waals surface area contributed by atoms with Gasteiger partial charge in [-0.05, 0) is 45.2 Å². The molecule has 2 heteroatoms. The van der Waals surface area contributed by atoms with Crippen LogP contribution in [0, 0.1) is 5.92 Å². The summed E-state index contributed by atoms with van der Waals surface area (Å²) in [5.74, 6) is 0.797. The van der Waals surface area contributed by atoms with Crippen LogP contribution in [0.1, 0.15) is 38.5 Å². The van der Waals surface area contributed by atoms with Crippen molar-refractivity contribution in [1.29, 1.82) is 0 Å². The van der Waals surface area contributed by atoms with Crippen molar-refractivity contribution in [2.24, 2.45) is 5.92 Å². The van der Waals surface area contributed by atoms with E-state index in [0.717, 1.165) is 51.6 Å². The van der Waals surface area contributed by atoms with Gasteiger partial charge in [-0.1, -0.05) is 6.08 Å². The lowest BCUT2D eigenvalue weighted by Crippen LogP contribution is -2.17. The largest absolute Gasteiger partial charge is 0.317 e. The number of allylic oxidation sites excluding steroid dienone is 1. The highest BCUT2D eigenvalue weighted by atomic mass is 16.1. The van der Waals surface area contributed by atoms with Crippen LogP contribution >= 0.6 is 0 Å². The van der Waals surface area contributed by atoms with Gasteiger partial charge >= 0.3 is 0 Å². The minimum atomic E-state index is 0.329. The molecule has 0 aliphatic carbocycles. The zero-order valence-electron chi connectivity index (χ0n) is 8.93. The van der Waals surface area contributed by atoms with Crippen molar-refractivity contribution < 1.29 is 4.79 Å². The minimum absolute atomic E-state index is 0.329. The molecule has 0 saturated carbocycles. The maximum Gasteiger partial charge on any atom is 0.136 e. The van der Waals surface area contributed by atoms with Crippen LogP contribution in [-0.4, -0.2) is 18.9 Å². The minimum Gasteiger partial charge on any atom is -0.317 e. The van der Waals surface area contributed by atoms with Crippen LogP contribution in [-0.2, 0) is 4.79 Å². The van der Waals surface area contributed by atoms with Gasteiger partial charge in [0.2, 0.25) is 0 Å². The number of hydrogen-bond acceptors (Lipinski definition) is 2. The number of unbranched alkanes of at least 4 members (excludes halogenated alkanes) is 1. The third-order valence-electron chi connectivity index (χ3n) is 2.86. The van der Waals surface area contributed by atoms with Crippen molar-refractivity contribution in [2.45, 2.75) is 38.5 Å². The molecule has 1 unspecified atom stereocenters. The molecule has 1 saturated heterocycles. The number of ketones is 1. The highest BCUT2D eigenvalue weighted by Crippen LogP contribution is 2.17. The molecule has 0 aromatic rings. The first-order chi connectivity index (χ1) is 6.84. The van der Waals surface area contributed by atoms with Crippen molar-refractivity contribution in [3.8, 4) is 0 Å². The average Bonchev–Trinajstić information content (AvgIpc) is 2.46. The van der Waals surface area contributed by atoms with Gasteiger partial charge < -0.3 is 5.32 Å². The number of nitrogens with one attached hydrogen (secondary N) is 1. The standard InChI is InChI=1S/C12H21NO/c1-2-3-4-7-12(14)11-6-5-9-13-10-8-11/h2,11,13H,1,3-10H2. The van der Waals surface area contributed by atoms with Crippen molar-refractivity contribution in [1.82, 2.24) is 5.32 Å². The van der Waals surface area contributed by atoms with Crippen LogP contribution in [0.4, 0.5) is 0 Å². The van der Waals surface area contributed by atoms with Crippen LogP contribution in [0.5, 0.6) is 0 Å². The predicted octanol–water partition coefficient (Wildman–Crippen LogP) is 2.30. The maximum absolute atomic E-state index is 11.8. The van der Waals surface area contributed by atoms with Crippen molar-refractivity contribution in [3.05, 3.63) is 12.7 Å². The summed E-state index contributed by atoms with van der Waals surface area (Å²) in [6, 6.07) is 0. The lowest BCUT2D eigenvalue weighted by Gasteiger charge is -2.11. The Morgan fingerprint density at radius 3 is 3.07 bits per heavy atom. The van der Waals surface area contributed by atoms with Gasteiger partial charge in [0.15, 0.2) is 0 Å². The molecule has 0 bridgehead atoms. The first-order valence-electron chi connectivity index (χ1n) is 5.69. The fourth-order valence-corrected chi connectivity index (χ4v) is 1.97. The van der Waals surface area contributed by atoms with E-state index in [1.54, 1.807) is 0 Å². The summed E-state index contributed by atoms with van der Waals surface area (Å²) in [6.07, 6.45) is 7.85. The average molecular weight is 195 g/mol. The molecule has 0 aromatic heterocycles. The van der Waals surface area contributed by atoms with Gasteiger partial charge in [0, 0.05) is 12.3 Å². The Morgan fingerprint density at radius 1 is 1.43 bits per heavy atom. The highest BCUT2D eigenvalue weighted by Gasteiger charge is 2.18. The van der Waals surface area contributed by atoms with E-state index in [1.807, 2.05) is 6.08 Å². The highest BCUT2D eigenvalue weighted by molar-refractivity contribution is 5.80. The van der Waals surface area contributed by atoms with Crippen LogP contribution in [0.3, 0.4) is 0 Å². The number of carbonyl (C=O) groups is 1. The van der Waals surface area contributed by atoms with Gasteiger partial charge in [-0.25, -0.2) is 0 Å². The summed E-state index contributed by atoms with van der Waals surface area (Å²) in [6.45, 7) is 5.76. The second-order valence-electron chi connectivity index (χ2n) is 4.03. The Balaban J connectivity index is 2.23. The van der Waals surface area contributed by atoms with E-state index in [4.69, 9.17) is 0 Å². The summed E-state index contributed by atoms with van der Waals surface area (Å²) in [7, 11) is 0. The van der Waals surface area contributed by atoms with Crippen molar-refractivity contribution >= 4 is 5.78 Å². The van der Waals surface area contributed by atoms with Crippen molar-refractivity contribution in [3.63, 3.8) is 0 Å². The smallest absolute Gasteiger partial charge is 0.136 e. The quantitative estimate of drug-likeness (QED) is 0.539. The van der Waals surface area contributed by atoms with E-state index in [9.17, 15) is 4.79 Å². The molecule has 1 rings (SSSR count). The van der Waals surface area contributed by atoms with Gasteiger partial charge in [-0.3, -0.25) is 4.79 Å². The molecule has 2 nitrogen and oxygen atoms in total. The molecule has 0 radical (unpaired) electrons. The van der Waals surface area contributed by atoms with E-state index in [-0.39, 0.29) is 0 Å². The molecule has 1 N–H and O–H groups in total. The van der Waals surface area contributed by atoms with E-state index in [1.165, 1.54) is 0 Å². The Labute approximate surface area is 86.8 Å². The molecule has 1 atom stereocenters. The number of hydrogen-bond donors (Lipinski definition) is 1. The van der Waals surface area contributed by atoms with Gasteiger partial charge in [0.05, 0.1) is 0 Å². The Morgan fingerprint density at radius 2 is 2.29 bits per heavy atom. The Bertz CT molecular complexity index is 181. The maximum atomic E-state index is 11.8. The van der Waals surface area contributed by atoms with E-state index >= 15 is 0 Å². The summed E-state index contributed by atoms with van der Waals surface area (Å²) in [4.78, 5) is 11.8. The normalized spacial score (nSPS) is 22.7. The van der Waals surface area contributed by atoms with Gasteiger partial charge in [-0.2, -0.15) is 0 Å². The number of rotatable bonds is 5. The fraction of sp³-hybridized carbons (Fsp3) is 0.750. The molecule has 1 aliphatic heterocycles. The third-order valence-corrected chi connectivity index (χ3v) is 2.86. The molecular weight excluding hydrogens is 174 g/mol. The second-order valence-corrected chi connectivity index (χ2v) is 4.03. The SMILES string of the molecule is C=CCCCC(=O)C1CCCNCC1. The topological polar surface area (TPSA) is 29.1 Å². The lowest BCUT2D eigenvalue weighted by molar-refractivity contribution is -0.123. The summed E-state index contributed by atoms with van der Waals surface area (Å²) in [5, 5.41) is 3.33. The van der Waals surface area contributed by atoms with Crippen LogP contribution in [0.2, 0.25) is 0 Å². The molecule has 14 heavy (non-hydrogen) atoms. The number of carbonyl (C=O) groups excluding carboxylic acids is 1. The van der Waals surface area contributed by atoms with Crippen molar-refractivity contribution in [2.75, 3.05) is 13.1 Å². The molecule has 1 fully saturated rings. The monoisotopic (exact) mass is 195 g/mol. The predicted molar refractivity (Wildman–Crippen MR) is 59.3 cm³/mol. The molecule has 0 spiro atoms. The van der Waals surface area contributed by atoms with Gasteiger partial charge in [-0.15, -0.1) is 6.58 Å². The lowest BCUT2D eigenvalue weighted by atomic mass is 9.93. The summed E-state index contributed by atoms with van der Waals surface area (Å²) < 4.78 is 0. The fourth-order valence-electron chi connectivity index (χ4n) is 1.97. The molecule has 0 aromatic carbocycles. The molecule has 1 aliphatic rings. The van der Waals surface area contributed by atoms with Crippen LogP contribution in [0.25, 0.3) is 0 Å². The molecule has 80 valence electrons. The van der Waals surface area contributed by atoms with Crippen LogP contribution in [0.15, 0.2) is 12.7 Å². The Kier molecular flexibility index (Phi) is 5.53. The van der Waals surface area contributed by atoms with E-state index < -0.39 is 0 Å². The molecule has 1 heterocycles. The molecular formula is C12H21NO. The zero-order chi connectivity index (χ0) is 10.2. The van der Waals surface area contributed by atoms with Gasteiger partial charge in [0.1, 0.15) is 5.78 Å². The summed E-state index contributed by atoms with van der Waals surface area (Å²) >= 11 is 0. The van der Waals surface area contributed by atoms with Gasteiger partial charge in [0.25, 0.3) is 0 Å². The third kappa shape index (κ3) is 4.05.